The van der Waals surface area contributed by atoms with Gasteiger partial charge in [-0.3, -0.25) is 4.79 Å². The van der Waals surface area contributed by atoms with E-state index >= 15 is 0 Å². The topological polar surface area (TPSA) is 81.7 Å². The number of piperazine rings is 1. The minimum absolute atomic E-state index is 0.104. The first kappa shape index (κ1) is 17.8. The molecule has 0 bridgehead atoms. The average Bonchev–Trinajstić information content (AvgIpc) is 2.35. The minimum atomic E-state index is -1.14. The van der Waals surface area contributed by atoms with Crippen molar-refractivity contribution in [2.24, 2.45) is 11.3 Å². The van der Waals surface area contributed by atoms with Crippen molar-refractivity contribution in [1.29, 1.82) is 0 Å². The van der Waals surface area contributed by atoms with Crippen LogP contribution in [0.3, 0.4) is 0 Å². The van der Waals surface area contributed by atoms with Crippen LogP contribution < -0.4 is 10.6 Å². The fraction of sp³-hybridized carbons (Fsp3) is 0.867. The van der Waals surface area contributed by atoms with E-state index < -0.39 is 17.0 Å². The van der Waals surface area contributed by atoms with Gasteiger partial charge in [-0.25, -0.2) is 4.79 Å². The van der Waals surface area contributed by atoms with Crippen molar-refractivity contribution in [2.45, 2.75) is 46.6 Å². The zero-order chi connectivity index (χ0) is 16.3. The summed E-state index contributed by atoms with van der Waals surface area (Å²) < 4.78 is 0. The van der Waals surface area contributed by atoms with Crippen molar-refractivity contribution < 1.29 is 14.7 Å². The van der Waals surface area contributed by atoms with Crippen molar-refractivity contribution in [1.82, 2.24) is 15.5 Å². The van der Waals surface area contributed by atoms with E-state index in [0.717, 1.165) is 13.1 Å². The van der Waals surface area contributed by atoms with E-state index in [1.807, 2.05) is 34.6 Å². The molecule has 21 heavy (non-hydrogen) atoms. The monoisotopic (exact) mass is 299 g/mol. The number of carboxylic acid groups (broad SMARTS) is 1. The summed E-state index contributed by atoms with van der Waals surface area (Å²) in [6, 6.07) is 0. The molecule has 6 heteroatoms. The molecule has 122 valence electrons. The summed E-state index contributed by atoms with van der Waals surface area (Å²) in [7, 11) is 0. The largest absolute Gasteiger partial charge is 0.465 e. The molecule has 1 saturated heterocycles. The highest BCUT2D eigenvalue weighted by atomic mass is 16.4. The molecule has 0 aromatic rings. The highest BCUT2D eigenvalue weighted by Gasteiger charge is 2.51. The van der Waals surface area contributed by atoms with Gasteiger partial charge in [0.2, 0.25) is 5.91 Å². The number of nitrogens with zero attached hydrogens (tertiary/aromatic N) is 1. The van der Waals surface area contributed by atoms with Crippen LogP contribution in [0.5, 0.6) is 0 Å². The van der Waals surface area contributed by atoms with Gasteiger partial charge in [0.15, 0.2) is 0 Å². The fourth-order valence-corrected chi connectivity index (χ4v) is 2.94. The van der Waals surface area contributed by atoms with Gasteiger partial charge in [0.1, 0.15) is 5.54 Å². The molecule has 3 N–H and O–H groups in total. The molecule has 1 aliphatic heterocycles. The van der Waals surface area contributed by atoms with E-state index in [1.54, 1.807) is 4.90 Å². The smallest absolute Gasteiger partial charge is 0.405 e. The number of amides is 2. The Kier molecular flexibility index (Phi) is 5.61. The van der Waals surface area contributed by atoms with Gasteiger partial charge in [-0.2, -0.15) is 0 Å². The van der Waals surface area contributed by atoms with Crippen LogP contribution in [0.25, 0.3) is 0 Å². The highest BCUT2D eigenvalue weighted by molar-refractivity contribution is 5.90. The molecular weight excluding hydrogens is 270 g/mol. The van der Waals surface area contributed by atoms with E-state index in [-0.39, 0.29) is 11.8 Å². The van der Waals surface area contributed by atoms with Crippen molar-refractivity contribution in [3.63, 3.8) is 0 Å². The molecule has 1 aliphatic rings. The first-order valence-electron chi connectivity index (χ1n) is 7.61. The second kappa shape index (κ2) is 6.64. The molecule has 0 saturated carbocycles. The number of hydrogen-bond donors (Lipinski definition) is 3. The molecule has 2 amide bonds. The zero-order valence-corrected chi connectivity index (χ0v) is 13.8. The third-order valence-electron chi connectivity index (χ3n) is 4.08. The lowest BCUT2D eigenvalue weighted by molar-refractivity contribution is -0.144. The number of carbonyl (C=O) groups is 2. The molecular formula is C15H29N3O3. The molecule has 6 nitrogen and oxygen atoms in total. The van der Waals surface area contributed by atoms with Crippen molar-refractivity contribution in [2.75, 3.05) is 26.2 Å². The number of hydrogen-bond acceptors (Lipinski definition) is 3. The van der Waals surface area contributed by atoms with Gasteiger partial charge < -0.3 is 20.6 Å². The van der Waals surface area contributed by atoms with Gasteiger partial charge in [0, 0.05) is 26.2 Å². The Morgan fingerprint density at radius 1 is 1.24 bits per heavy atom. The molecule has 0 aliphatic carbocycles. The summed E-state index contributed by atoms with van der Waals surface area (Å²) in [5, 5.41) is 15.1. The van der Waals surface area contributed by atoms with Crippen LogP contribution in [-0.4, -0.2) is 53.7 Å². The number of carbonyl (C=O) groups excluding carboxylic acids is 1. The number of rotatable bonds is 4. The van der Waals surface area contributed by atoms with Crippen molar-refractivity contribution in [3.05, 3.63) is 0 Å². The zero-order valence-electron chi connectivity index (χ0n) is 13.8. The fourth-order valence-electron chi connectivity index (χ4n) is 2.94. The van der Waals surface area contributed by atoms with E-state index in [0.29, 0.717) is 19.5 Å². The standard InChI is InChI=1S/C15H29N3O3/c1-11(2)10-15(14(3,4)5,17-13(20)21)12(19)18-8-6-16-7-9-18/h11,16-17H,6-10H2,1-5H3,(H,20,21)/t15-/m1/s1. The Balaban J connectivity index is 3.18. The molecule has 1 rings (SSSR count). The molecule has 1 atom stereocenters. The highest BCUT2D eigenvalue weighted by Crippen LogP contribution is 2.37. The van der Waals surface area contributed by atoms with Crippen LogP contribution in [0, 0.1) is 11.3 Å². The Morgan fingerprint density at radius 3 is 2.14 bits per heavy atom. The van der Waals surface area contributed by atoms with Crippen LogP contribution >= 0.6 is 0 Å². The lowest BCUT2D eigenvalue weighted by atomic mass is 9.68. The SMILES string of the molecule is CC(C)C[C@@](NC(=O)O)(C(=O)N1CCNCC1)C(C)(C)C. The maximum atomic E-state index is 13.1. The first-order chi connectivity index (χ1) is 9.60. The molecule has 0 aromatic heterocycles. The van der Waals surface area contributed by atoms with Gasteiger partial charge in [0.05, 0.1) is 0 Å². The lowest BCUT2D eigenvalue weighted by Gasteiger charge is -2.47. The summed E-state index contributed by atoms with van der Waals surface area (Å²) >= 11 is 0. The van der Waals surface area contributed by atoms with Crippen LogP contribution in [0.2, 0.25) is 0 Å². The van der Waals surface area contributed by atoms with Crippen molar-refractivity contribution in [3.8, 4) is 0 Å². The molecule has 0 aromatic carbocycles. The normalized spacial score (nSPS) is 19.2. The predicted molar refractivity (Wildman–Crippen MR) is 82.3 cm³/mol. The average molecular weight is 299 g/mol. The second-order valence-electron chi connectivity index (χ2n) is 7.23. The minimum Gasteiger partial charge on any atom is -0.465 e. The van der Waals surface area contributed by atoms with Crippen LogP contribution in [-0.2, 0) is 4.79 Å². The van der Waals surface area contributed by atoms with Crippen LogP contribution in [0.1, 0.15) is 41.0 Å². The summed E-state index contributed by atoms with van der Waals surface area (Å²) in [5.41, 5.74) is -1.60. The Morgan fingerprint density at radius 2 is 1.76 bits per heavy atom. The third kappa shape index (κ3) is 4.09. The summed E-state index contributed by atoms with van der Waals surface area (Å²) in [6.07, 6.45) is -0.653. The molecule has 0 radical (unpaired) electrons. The Bertz CT molecular complexity index is 384. The maximum Gasteiger partial charge on any atom is 0.405 e. The third-order valence-corrected chi connectivity index (χ3v) is 4.08. The first-order valence-corrected chi connectivity index (χ1v) is 7.61. The van der Waals surface area contributed by atoms with Crippen LogP contribution in [0.15, 0.2) is 0 Å². The predicted octanol–water partition coefficient (Wildman–Crippen LogP) is 1.52. The summed E-state index contributed by atoms with van der Waals surface area (Å²) in [6.45, 7) is 12.5. The Labute approximate surface area is 127 Å². The van der Waals surface area contributed by atoms with Gasteiger partial charge in [0.25, 0.3) is 0 Å². The maximum absolute atomic E-state index is 13.1. The molecule has 0 spiro atoms. The second-order valence-corrected chi connectivity index (χ2v) is 7.23. The van der Waals surface area contributed by atoms with Crippen molar-refractivity contribution >= 4 is 12.0 Å². The van der Waals surface area contributed by atoms with Gasteiger partial charge in [-0.15, -0.1) is 0 Å². The van der Waals surface area contributed by atoms with Crippen LogP contribution in [0.4, 0.5) is 4.79 Å². The molecule has 1 fully saturated rings. The summed E-state index contributed by atoms with van der Waals surface area (Å²) in [4.78, 5) is 26.2. The number of nitrogens with one attached hydrogen (secondary N) is 2. The molecule has 1 heterocycles. The Hall–Kier alpha value is -1.30. The van der Waals surface area contributed by atoms with Gasteiger partial charge in [-0.05, 0) is 17.8 Å². The van der Waals surface area contributed by atoms with Gasteiger partial charge in [-0.1, -0.05) is 34.6 Å². The van der Waals surface area contributed by atoms with E-state index in [1.165, 1.54) is 0 Å². The van der Waals surface area contributed by atoms with E-state index in [9.17, 15) is 14.7 Å². The lowest BCUT2D eigenvalue weighted by Crippen LogP contribution is -2.68. The molecule has 0 unspecified atom stereocenters. The summed E-state index contributed by atoms with van der Waals surface area (Å²) in [5.74, 6) is 0.107. The van der Waals surface area contributed by atoms with E-state index in [2.05, 4.69) is 10.6 Å². The van der Waals surface area contributed by atoms with E-state index in [4.69, 9.17) is 0 Å². The quantitative estimate of drug-likeness (QED) is 0.735. The van der Waals surface area contributed by atoms with Gasteiger partial charge >= 0.3 is 6.09 Å².